The molecule has 1 aromatic heterocycles. The summed E-state index contributed by atoms with van der Waals surface area (Å²) in [4.78, 5) is 1.54. The smallest absolute Gasteiger partial charge is 0.246 e. The summed E-state index contributed by atoms with van der Waals surface area (Å²) in [6.07, 6.45) is 0. The molecule has 26 heavy (non-hydrogen) atoms. The Kier molecular flexibility index (Phi) is 5.14. The van der Waals surface area contributed by atoms with Crippen molar-refractivity contribution in [2.75, 3.05) is 26.2 Å². The Bertz CT molecular complexity index is 919. The summed E-state index contributed by atoms with van der Waals surface area (Å²) in [7, 11) is -2.16. The van der Waals surface area contributed by atoms with Gasteiger partial charge in [-0.25, -0.2) is 17.2 Å². The van der Waals surface area contributed by atoms with E-state index in [-0.39, 0.29) is 13.1 Å². The van der Waals surface area contributed by atoms with Gasteiger partial charge < -0.3 is 0 Å². The van der Waals surface area contributed by atoms with E-state index in [4.69, 9.17) is 0 Å². The van der Waals surface area contributed by atoms with Crippen LogP contribution in [0.3, 0.4) is 0 Å². The fourth-order valence-corrected chi connectivity index (χ4v) is 4.71. The zero-order valence-electron chi connectivity index (χ0n) is 15.0. The molecular formula is C17H22F2N4O2S. The van der Waals surface area contributed by atoms with Crippen molar-refractivity contribution in [1.29, 1.82) is 0 Å². The first kappa shape index (κ1) is 18.9. The Morgan fingerprint density at radius 2 is 1.77 bits per heavy atom. The number of aryl methyl sites for hydroxylation is 2. The van der Waals surface area contributed by atoms with Gasteiger partial charge in [-0.3, -0.25) is 9.58 Å². The molecule has 1 fully saturated rings. The van der Waals surface area contributed by atoms with Crippen LogP contribution in [0.1, 0.15) is 17.0 Å². The van der Waals surface area contributed by atoms with Crippen LogP contribution >= 0.6 is 0 Å². The average molecular weight is 384 g/mol. The lowest BCUT2D eigenvalue weighted by molar-refractivity contribution is 0.181. The third-order valence-electron chi connectivity index (χ3n) is 4.88. The van der Waals surface area contributed by atoms with Gasteiger partial charge in [-0.2, -0.15) is 9.40 Å². The number of hydrogen-bond acceptors (Lipinski definition) is 4. The van der Waals surface area contributed by atoms with E-state index < -0.39 is 26.6 Å². The highest BCUT2D eigenvalue weighted by Gasteiger charge is 2.31. The van der Waals surface area contributed by atoms with Crippen LogP contribution in [0.4, 0.5) is 8.78 Å². The molecule has 3 rings (SSSR count). The van der Waals surface area contributed by atoms with Crippen LogP contribution in [-0.2, 0) is 23.6 Å². The molecule has 2 aromatic rings. The molecule has 0 atom stereocenters. The van der Waals surface area contributed by atoms with Crippen molar-refractivity contribution in [3.63, 3.8) is 0 Å². The van der Waals surface area contributed by atoms with Crippen molar-refractivity contribution in [2.24, 2.45) is 7.05 Å². The molecule has 0 amide bonds. The van der Waals surface area contributed by atoms with E-state index in [1.54, 1.807) is 0 Å². The molecule has 9 heteroatoms. The molecule has 6 nitrogen and oxygen atoms in total. The van der Waals surface area contributed by atoms with Crippen molar-refractivity contribution in [1.82, 2.24) is 19.0 Å². The summed E-state index contributed by atoms with van der Waals surface area (Å²) in [5, 5.41) is 4.39. The molecule has 0 bridgehead atoms. The molecule has 2 heterocycles. The molecule has 1 aromatic carbocycles. The average Bonchev–Trinajstić information content (AvgIpc) is 2.83. The van der Waals surface area contributed by atoms with Crippen LogP contribution in [0.15, 0.2) is 23.1 Å². The second-order valence-corrected chi connectivity index (χ2v) is 8.43. The van der Waals surface area contributed by atoms with Crippen molar-refractivity contribution in [2.45, 2.75) is 25.3 Å². The van der Waals surface area contributed by atoms with Crippen LogP contribution in [0.2, 0.25) is 0 Å². The van der Waals surface area contributed by atoms with Gasteiger partial charge in [0.1, 0.15) is 16.5 Å². The second-order valence-electron chi connectivity index (χ2n) is 6.53. The highest BCUT2D eigenvalue weighted by molar-refractivity contribution is 7.89. The molecule has 142 valence electrons. The highest BCUT2D eigenvalue weighted by Crippen LogP contribution is 2.23. The summed E-state index contributed by atoms with van der Waals surface area (Å²) in [6, 6.07) is 2.48. The Morgan fingerprint density at radius 1 is 1.12 bits per heavy atom. The molecule has 1 aliphatic rings. The number of aromatic nitrogens is 2. The number of halogens is 2. The molecule has 1 aliphatic heterocycles. The number of rotatable bonds is 4. The first-order chi connectivity index (χ1) is 12.2. The number of sulfonamides is 1. The molecular weight excluding hydrogens is 362 g/mol. The first-order valence-electron chi connectivity index (χ1n) is 8.37. The van der Waals surface area contributed by atoms with Crippen molar-refractivity contribution < 1.29 is 17.2 Å². The minimum atomic E-state index is -4.05. The van der Waals surface area contributed by atoms with Gasteiger partial charge in [-0.05, 0) is 32.0 Å². The van der Waals surface area contributed by atoms with Gasteiger partial charge in [0.15, 0.2) is 0 Å². The molecule has 0 N–H and O–H groups in total. The third kappa shape index (κ3) is 3.51. The summed E-state index contributed by atoms with van der Waals surface area (Å²) in [5.41, 5.74) is 3.18. The number of benzene rings is 1. The Hall–Kier alpha value is -1.84. The maximum Gasteiger partial charge on any atom is 0.246 e. The zero-order valence-corrected chi connectivity index (χ0v) is 15.9. The SMILES string of the molecule is Cc1nn(C)c(C)c1CN1CCN(S(=O)(=O)c2cc(F)ccc2F)CC1. The van der Waals surface area contributed by atoms with E-state index >= 15 is 0 Å². The van der Waals surface area contributed by atoms with Gasteiger partial charge in [0.05, 0.1) is 5.69 Å². The van der Waals surface area contributed by atoms with Gasteiger partial charge in [-0.1, -0.05) is 0 Å². The quantitative estimate of drug-likeness (QED) is 0.807. The molecule has 0 spiro atoms. The maximum absolute atomic E-state index is 13.9. The van der Waals surface area contributed by atoms with E-state index in [1.807, 2.05) is 25.6 Å². The third-order valence-corrected chi connectivity index (χ3v) is 6.80. The van der Waals surface area contributed by atoms with Crippen LogP contribution in [0.5, 0.6) is 0 Å². The standard InChI is InChI=1S/C17H22F2N4O2S/c1-12-15(13(2)21(3)20-12)11-22-6-8-23(9-7-22)26(24,25)17-10-14(18)4-5-16(17)19/h4-5,10H,6-9,11H2,1-3H3. The second kappa shape index (κ2) is 7.05. The fraction of sp³-hybridized carbons (Fsp3) is 0.471. The predicted octanol–water partition coefficient (Wildman–Crippen LogP) is 1.82. The summed E-state index contributed by atoms with van der Waals surface area (Å²) < 4.78 is 55.5. The van der Waals surface area contributed by atoms with Gasteiger partial charge in [0.2, 0.25) is 10.0 Å². The first-order valence-corrected chi connectivity index (χ1v) is 9.81. The molecule has 1 saturated heterocycles. The predicted molar refractivity (Wildman–Crippen MR) is 93.1 cm³/mol. The summed E-state index contributed by atoms with van der Waals surface area (Å²) in [6.45, 7) is 6.15. The molecule has 0 radical (unpaired) electrons. The number of nitrogens with zero attached hydrogens (tertiary/aromatic N) is 4. The maximum atomic E-state index is 13.9. The van der Waals surface area contributed by atoms with Crippen LogP contribution in [0.25, 0.3) is 0 Å². The van der Waals surface area contributed by atoms with Crippen molar-refractivity contribution in [3.8, 4) is 0 Å². The van der Waals surface area contributed by atoms with E-state index in [2.05, 4.69) is 10.00 Å². The Morgan fingerprint density at radius 3 is 2.35 bits per heavy atom. The largest absolute Gasteiger partial charge is 0.296 e. The van der Waals surface area contributed by atoms with Gasteiger partial charge in [0.25, 0.3) is 0 Å². The van der Waals surface area contributed by atoms with E-state index in [0.29, 0.717) is 19.6 Å². The van der Waals surface area contributed by atoms with E-state index in [1.165, 1.54) is 4.31 Å². The van der Waals surface area contributed by atoms with Crippen LogP contribution in [0, 0.1) is 25.5 Å². The van der Waals surface area contributed by atoms with Gasteiger partial charge in [-0.15, -0.1) is 0 Å². The molecule has 0 unspecified atom stereocenters. The summed E-state index contributed by atoms with van der Waals surface area (Å²) in [5.74, 6) is -1.71. The van der Waals surface area contributed by atoms with E-state index in [0.717, 1.165) is 35.2 Å². The summed E-state index contributed by atoms with van der Waals surface area (Å²) >= 11 is 0. The lowest BCUT2D eigenvalue weighted by atomic mass is 10.1. The van der Waals surface area contributed by atoms with Crippen LogP contribution < -0.4 is 0 Å². The topological polar surface area (TPSA) is 58.4 Å². The zero-order chi connectivity index (χ0) is 19.1. The highest BCUT2D eigenvalue weighted by atomic mass is 32.2. The van der Waals surface area contributed by atoms with Crippen LogP contribution in [-0.4, -0.2) is 53.6 Å². The minimum Gasteiger partial charge on any atom is -0.296 e. The Balaban J connectivity index is 1.71. The van der Waals surface area contributed by atoms with Crippen molar-refractivity contribution >= 4 is 10.0 Å². The number of piperazine rings is 1. The van der Waals surface area contributed by atoms with Gasteiger partial charge >= 0.3 is 0 Å². The van der Waals surface area contributed by atoms with Crippen molar-refractivity contribution in [3.05, 3.63) is 46.8 Å². The minimum absolute atomic E-state index is 0.233. The van der Waals surface area contributed by atoms with E-state index in [9.17, 15) is 17.2 Å². The van der Waals surface area contributed by atoms with Gasteiger partial charge in [0, 0.05) is 51.0 Å². The fourth-order valence-electron chi connectivity index (χ4n) is 3.21. The lowest BCUT2D eigenvalue weighted by Crippen LogP contribution is -2.48. The Labute approximate surface area is 152 Å². The normalized spacial score (nSPS) is 17.0. The monoisotopic (exact) mass is 384 g/mol. The number of hydrogen-bond donors (Lipinski definition) is 0. The molecule has 0 saturated carbocycles. The lowest BCUT2D eigenvalue weighted by Gasteiger charge is -2.34. The molecule has 0 aliphatic carbocycles.